The van der Waals surface area contributed by atoms with Crippen LogP contribution in [0.2, 0.25) is 0 Å². The molecule has 0 unspecified atom stereocenters. The molecule has 150 valence electrons. The van der Waals surface area contributed by atoms with Gasteiger partial charge in [-0.3, -0.25) is 9.69 Å². The number of carbonyl (C=O) groups excluding carboxylic acids is 1. The summed E-state index contributed by atoms with van der Waals surface area (Å²) in [6.45, 7) is 2.83. The average molecular weight is 385 g/mol. The summed E-state index contributed by atoms with van der Waals surface area (Å²) in [4.78, 5) is 16.6. The summed E-state index contributed by atoms with van der Waals surface area (Å²) in [5, 5.41) is 3.10. The normalized spacial score (nSPS) is 19.3. The Hall–Kier alpha value is -1.80. The highest BCUT2D eigenvalue weighted by molar-refractivity contribution is 5.78. The fraction of sp³-hybridized carbons (Fsp3) is 0.632. The number of nitrogens with zero attached hydrogens (tertiary/aromatic N) is 2. The standard InChI is InChI=1S/C19H26F3N3O2/c1-24(12-14-2-6-17(7-3-14)27-19(20,21)22)13-18(26)23-15-8-10-25(11-9-15)16-4-5-16/h2-3,6-7,15-16H,4-5,8-13H2,1H3,(H,23,26). The molecule has 1 N–H and O–H groups in total. The minimum atomic E-state index is -4.69. The van der Waals surface area contributed by atoms with Gasteiger partial charge in [0.1, 0.15) is 5.75 Å². The predicted octanol–water partition coefficient (Wildman–Crippen LogP) is 2.76. The highest BCUT2D eigenvalue weighted by Gasteiger charge is 2.32. The van der Waals surface area contributed by atoms with Crippen molar-refractivity contribution in [2.45, 2.75) is 50.7 Å². The molecule has 1 aromatic carbocycles. The van der Waals surface area contributed by atoms with Crippen LogP contribution in [0.1, 0.15) is 31.2 Å². The Kier molecular flexibility index (Phi) is 6.26. The van der Waals surface area contributed by atoms with Crippen molar-refractivity contribution in [2.75, 3.05) is 26.7 Å². The van der Waals surface area contributed by atoms with E-state index >= 15 is 0 Å². The van der Waals surface area contributed by atoms with E-state index in [1.807, 2.05) is 11.9 Å². The quantitative estimate of drug-likeness (QED) is 0.784. The molecule has 3 rings (SSSR count). The lowest BCUT2D eigenvalue weighted by Gasteiger charge is -2.32. The molecule has 1 amide bonds. The van der Waals surface area contributed by atoms with Crippen LogP contribution in [0.4, 0.5) is 13.2 Å². The molecule has 0 radical (unpaired) electrons. The van der Waals surface area contributed by atoms with Crippen LogP contribution in [0, 0.1) is 0 Å². The van der Waals surface area contributed by atoms with Crippen LogP contribution in [0.5, 0.6) is 5.75 Å². The molecular formula is C19H26F3N3O2. The van der Waals surface area contributed by atoms with Crippen molar-refractivity contribution in [2.24, 2.45) is 0 Å². The van der Waals surface area contributed by atoms with E-state index in [4.69, 9.17) is 0 Å². The molecule has 1 aliphatic heterocycles. The van der Waals surface area contributed by atoms with Gasteiger partial charge in [-0.15, -0.1) is 13.2 Å². The molecule has 1 heterocycles. The van der Waals surface area contributed by atoms with Gasteiger partial charge in [-0.2, -0.15) is 0 Å². The molecule has 1 saturated heterocycles. The molecule has 5 nitrogen and oxygen atoms in total. The first kappa shape index (κ1) is 19.9. The lowest BCUT2D eigenvalue weighted by molar-refractivity contribution is -0.274. The van der Waals surface area contributed by atoms with E-state index in [-0.39, 0.29) is 24.2 Å². The van der Waals surface area contributed by atoms with E-state index in [0.717, 1.165) is 37.5 Å². The summed E-state index contributed by atoms with van der Waals surface area (Å²) in [6.07, 6.45) is -0.0826. The summed E-state index contributed by atoms with van der Waals surface area (Å²) in [7, 11) is 1.81. The van der Waals surface area contributed by atoms with Gasteiger partial charge in [0.2, 0.25) is 5.91 Å². The molecule has 0 aromatic heterocycles. The SMILES string of the molecule is CN(CC(=O)NC1CCN(C2CC2)CC1)Cc1ccc(OC(F)(F)F)cc1. The number of alkyl halides is 3. The number of likely N-dealkylation sites (N-methyl/N-ethyl adjacent to an activating group) is 1. The molecule has 0 atom stereocenters. The first-order valence-corrected chi connectivity index (χ1v) is 9.35. The number of rotatable bonds is 7. The number of hydrogen-bond acceptors (Lipinski definition) is 4. The Balaban J connectivity index is 1.38. The molecule has 1 aromatic rings. The smallest absolute Gasteiger partial charge is 0.406 e. The number of likely N-dealkylation sites (tertiary alicyclic amines) is 1. The third kappa shape index (κ3) is 6.70. The molecular weight excluding hydrogens is 359 g/mol. The third-order valence-electron chi connectivity index (χ3n) is 4.98. The molecule has 27 heavy (non-hydrogen) atoms. The fourth-order valence-electron chi connectivity index (χ4n) is 3.53. The Morgan fingerprint density at radius 2 is 1.81 bits per heavy atom. The molecule has 0 bridgehead atoms. The minimum Gasteiger partial charge on any atom is -0.406 e. The van der Waals surface area contributed by atoms with Crippen LogP contribution in [-0.2, 0) is 11.3 Å². The van der Waals surface area contributed by atoms with E-state index in [9.17, 15) is 18.0 Å². The minimum absolute atomic E-state index is 0.0144. The summed E-state index contributed by atoms with van der Waals surface area (Å²) < 4.78 is 40.4. The molecule has 1 aliphatic carbocycles. The summed E-state index contributed by atoms with van der Waals surface area (Å²) in [5.41, 5.74) is 0.817. The number of amides is 1. The van der Waals surface area contributed by atoms with Gasteiger partial charge in [0, 0.05) is 31.7 Å². The average Bonchev–Trinajstić information content (AvgIpc) is 3.41. The zero-order valence-corrected chi connectivity index (χ0v) is 15.5. The van der Waals surface area contributed by atoms with Gasteiger partial charge in [-0.05, 0) is 50.4 Å². The molecule has 1 saturated carbocycles. The summed E-state index contributed by atoms with van der Waals surface area (Å²) in [5.74, 6) is -0.261. The van der Waals surface area contributed by atoms with E-state index in [1.165, 1.54) is 25.0 Å². The van der Waals surface area contributed by atoms with E-state index in [0.29, 0.717) is 6.54 Å². The largest absolute Gasteiger partial charge is 0.573 e. The predicted molar refractivity (Wildman–Crippen MR) is 95.2 cm³/mol. The van der Waals surface area contributed by atoms with Crippen LogP contribution in [0.15, 0.2) is 24.3 Å². The van der Waals surface area contributed by atoms with Crippen molar-refractivity contribution in [3.63, 3.8) is 0 Å². The Labute approximate surface area is 157 Å². The monoisotopic (exact) mass is 385 g/mol. The summed E-state index contributed by atoms with van der Waals surface area (Å²) >= 11 is 0. The van der Waals surface area contributed by atoms with Gasteiger partial charge < -0.3 is 15.0 Å². The van der Waals surface area contributed by atoms with Crippen LogP contribution in [0.25, 0.3) is 0 Å². The van der Waals surface area contributed by atoms with E-state index < -0.39 is 6.36 Å². The number of halogens is 3. The lowest BCUT2D eigenvalue weighted by Crippen LogP contribution is -2.47. The topological polar surface area (TPSA) is 44.8 Å². The van der Waals surface area contributed by atoms with Crippen LogP contribution >= 0.6 is 0 Å². The molecule has 2 fully saturated rings. The van der Waals surface area contributed by atoms with Crippen molar-refractivity contribution in [1.82, 2.24) is 15.1 Å². The molecule has 8 heteroatoms. The molecule has 2 aliphatic rings. The zero-order chi connectivity index (χ0) is 19.4. The number of benzene rings is 1. The van der Waals surface area contributed by atoms with Crippen molar-refractivity contribution in [3.05, 3.63) is 29.8 Å². The van der Waals surface area contributed by atoms with Gasteiger partial charge in [-0.25, -0.2) is 0 Å². The fourth-order valence-corrected chi connectivity index (χ4v) is 3.53. The summed E-state index contributed by atoms with van der Waals surface area (Å²) in [6, 6.07) is 6.72. The van der Waals surface area contributed by atoms with Gasteiger partial charge in [0.05, 0.1) is 6.54 Å². The number of nitrogens with one attached hydrogen (secondary N) is 1. The second-order valence-electron chi connectivity index (χ2n) is 7.47. The highest BCUT2D eigenvalue weighted by atomic mass is 19.4. The maximum absolute atomic E-state index is 12.2. The van der Waals surface area contributed by atoms with Gasteiger partial charge in [-0.1, -0.05) is 12.1 Å². The van der Waals surface area contributed by atoms with Crippen LogP contribution < -0.4 is 10.1 Å². The second-order valence-corrected chi connectivity index (χ2v) is 7.47. The van der Waals surface area contributed by atoms with Gasteiger partial charge in [0.15, 0.2) is 0 Å². The van der Waals surface area contributed by atoms with Crippen molar-refractivity contribution >= 4 is 5.91 Å². The van der Waals surface area contributed by atoms with E-state index in [2.05, 4.69) is 15.0 Å². The molecule has 0 spiro atoms. The van der Waals surface area contributed by atoms with Crippen LogP contribution in [-0.4, -0.2) is 60.8 Å². The number of piperidine rings is 1. The number of carbonyl (C=O) groups is 1. The zero-order valence-electron chi connectivity index (χ0n) is 15.5. The third-order valence-corrected chi connectivity index (χ3v) is 4.98. The highest BCUT2D eigenvalue weighted by Crippen LogP contribution is 2.29. The first-order valence-electron chi connectivity index (χ1n) is 9.35. The number of ether oxygens (including phenoxy) is 1. The Morgan fingerprint density at radius 3 is 2.37 bits per heavy atom. The van der Waals surface area contributed by atoms with E-state index in [1.54, 1.807) is 12.1 Å². The Bertz CT molecular complexity index is 624. The van der Waals surface area contributed by atoms with Gasteiger partial charge in [0.25, 0.3) is 0 Å². The maximum Gasteiger partial charge on any atom is 0.573 e. The van der Waals surface area contributed by atoms with Crippen molar-refractivity contribution in [3.8, 4) is 5.75 Å². The van der Waals surface area contributed by atoms with Gasteiger partial charge >= 0.3 is 6.36 Å². The second kappa shape index (κ2) is 8.48. The maximum atomic E-state index is 12.2. The van der Waals surface area contributed by atoms with Crippen molar-refractivity contribution < 1.29 is 22.7 Å². The first-order chi connectivity index (χ1) is 12.8. The Morgan fingerprint density at radius 1 is 1.19 bits per heavy atom. The number of hydrogen-bond donors (Lipinski definition) is 1. The van der Waals surface area contributed by atoms with Crippen LogP contribution in [0.3, 0.4) is 0 Å². The lowest BCUT2D eigenvalue weighted by atomic mass is 10.0. The van der Waals surface area contributed by atoms with Crippen molar-refractivity contribution in [1.29, 1.82) is 0 Å².